The first-order chi connectivity index (χ1) is 20.4. The van der Waals surface area contributed by atoms with Crippen molar-refractivity contribution < 1.29 is 23.8 Å². The molecule has 2 aromatic heterocycles. The fourth-order valence-electron chi connectivity index (χ4n) is 4.91. The highest BCUT2D eigenvalue weighted by atomic mass is 32.1. The highest BCUT2D eigenvalue weighted by molar-refractivity contribution is 7.22. The fraction of sp³-hybridized carbons (Fsp3) is 0.200. The number of carboxylic acid groups (broad SMARTS) is 1. The summed E-state index contributed by atoms with van der Waals surface area (Å²) in [7, 11) is 0. The smallest absolute Gasteiger partial charge is 0.355 e. The summed E-state index contributed by atoms with van der Waals surface area (Å²) < 4.78 is 20.5. The van der Waals surface area contributed by atoms with Gasteiger partial charge in [0.15, 0.2) is 27.5 Å². The van der Waals surface area contributed by atoms with Crippen molar-refractivity contribution >= 4 is 60.7 Å². The Morgan fingerprint density at radius 1 is 1.10 bits per heavy atom. The molecule has 1 aliphatic rings. The zero-order valence-electron chi connectivity index (χ0n) is 22.3. The Morgan fingerprint density at radius 2 is 1.95 bits per heavy atom. The maximum Gasteiger partial charge on any atom is 0.355 e. The first kappa shape index (κ1) is 27.6. The lowest BCUT2D eigenvalue weighted by Gasteiger charge is -2.29. The number of halogens is 1. The van der Waals surface area contributed by atoms with Gasteiger partial charge in [0, 0.05) is 35.3 Å². The van der Waals surface area contributed by atoms with E-state index in [-0.39, 0.29) is 24.0 Å². The van der Waals surface area contributed by atoms with E-state index in [4.69, 9.17) is 10.5 Å². The number of aromatic nitrogens is 2. The second kappa shape index (κ2) is 11.7. The van der Waals surface area contributed by atoms with Gasteiger partial charge in [-0.3, -0.25) is 10.1 Å². The van der Waals surface area contributed by atoms with Crippen LogP contribution in [0.4, 0.5) is 20.3 Å². The Morgan fingerprint density at radius 3 is 2.76 bits per heavy atom. The van der Waals surface area contributed by atoms with Crippen molar-refractivity contribution in [3.8, 4) is 5.75 Å². The average Bonchev–Trinajstić information content (AvgIpc) is 3.59. The van der Waals surface area contributed by atoms with Crippen LogP contribution in [0.1, 0.15) is 43.3 Å². The number of anilines is 3. The van der Waals surface area contributed by atoms with Crippen molar-refractivity contribution in [2.75, 3.05) is 29.1 Å². The Balaban J connectivity index is 1.16. The molecule has 0 spiro atoms. The number of carbonyl (C=O) groups is 2. The predicted molar refractivity (Wildman–Crippen MR) is 162 cm³/mol. The first-order valence-electron chi connectivity index (χ1n) is 13.3. The second-order valence-electron chi connectivity index (χ2n) is 9.77. The van der Waals surface area contributed by atoms with Gasteiger partial charge in [0.05, 0.1) is 16.8 Å². The number of ether oxygens (including phenoxy) is 1. The number of para-hydroxylation sites is 1. The van der Waals surface area contributed by atoms with Crippen molar-refractivity contribution in [1.29, 1.82) is 0 Å². The van der Waals surface area contributed by atoms with E-state index in [1.807, 2.05) is 41.3 Å². The van der Waals surface area contributed by atoms with Gasteiger partial charge in [0.25, 0.3) is 5.91 Å². The molecule has 0 aliphatic carbocycles. The van der Waals surface area contributed by atoms with Crippen LogP contribution in [0.3, 0.4) is 0 Å². The standard InChI is InChI=1S/C30H26FN5O4S2/c31-21-15-18(32)10-11-23(21)40-14-4-9-25-26(28(38)39)34-30(42-25)36-13-12-17-5-3-6-19(20(17)16-36)27(37)35-29-33-22-7-1-2-8-24(22)41-29/h1-3,5-8,10-11,15H,4,9,12-14,16,32H2,(H,38,39)(H,33,35,37). The third-order valence-corrected chi connectivity index (χ3v) is 9.08. The van der Waals surface area contributed by atoms with Crippen molar-refractivity contribution in [3.05, 3.63) is 93.7 Å². The summed E-state index contributed by atoms with van der Waals surface area (Å²) >= 11 is 2.74. The van der Waals surface area contributed by atoms with E-state index in [1.165, 1.54) is 34.8 Å². The van der Waals surface area contributed by atoms with E-state index >= 15 is 0 Å². The van der Waals surface area contributed by atoms with Crippen molar-refractivity contribution in [1.82, 2.24) is 9.97 Å². The maximum atomic E-state index is 14.0. The number of hydrogen-bond donors (Lipinski definition) is 3. The number of amides is 1. The summed E-state index contributed by atoms with van der Waals surface area (Å²) in [4.78, 5) is 36.9. The van der Waals surface area contributed by atoms with Crippen LogP contribution in [-0.4, -0.2) is 40.1 Å². The highest BCUT2D eigenvalue weighted by Crippen LogP contribution is 2.33. The van der Waals surface area contributed by atoms with E-state index < -0.39 is 11.8 Å². The Kier molecular flexibility index (Phi) is 7.72. The molecular formula is C30H26FN5O4S2. The van der Waals surface area contributed by atoms with Gasteiger partial charge in [-0.15, -0.1) is 11.3 Å². The number of benzene rings is 3. The average molecular weight is 604 g/mol. The molecule has 9 nitrogen and oxygen atoms in total. The number of aromatic carboxylic acids is 1. The number of nitrogens with zero attached hydrogens (tertiary/aromatic N) is 3. The minimum atomic E-state index is -1.11. The number of nitrogen functional groups attached to an aromatic ring is 1. The van der Waals surface area contributed by atoms with Crippen molar-refractivity contribution in [2.45, 2.75) is 25.8 Å². The minimum Gasteiger partial charge on any atom is -0.491 e. The van der Waals surface area contributed by atoms with Crippen molar-refractivity contribution in [2.24, 2.45) is 0 Å². The van der Waals surface area contributed by atoms with Gasteiger partial charge in [0.2, 0.25) is 0 Å². The zero-order valence-corrected chi connectivity index (χ0v) is 23.9. The molecule has 6 rings (SSSR count). The molecule has 3 heterocycles. The molecule has 4 N–H and O–H groups in total. The summed E-state index contributed by atoms with van der Waals surface area (Å²) in [5, 5.41) is 13.9. The molecule has 1 amide bonds. The molecule has 214 valence electrons. The van der Waals surface area contributed by atoms with Gasteiger partial charge in [-0.1, -0.05) is 35.6 Å². The van der Waals surface area contributed by atoms with Crippen LogP contribution >= 0.6 is 22.7 Å². The molecule has 12 heteroatoms. The Hall–Kier alpha value is -4.55. The summed E-state index contributed by atoms with van der Waals surface area (Å²) in [6.45, 7) is 1.27. The quantitative estimate of drug-likeness (QED) is 0.138. The van der Waals surface area contributed by atoms with E-state index in [0.29, 0.717) is 58.7 Å². The summed E-state index contributed by atoms with van der Waals surface area (Å²) in [6, 6.07) is 17.6. The lowest BCUT2D eigenvalue weighted by molar-refractivity contribution is 0.0690. The molecule has 0 atom stereocenters. The molecule has 42 heavy (non-hydrogen) atoms. The number of carboxylic acids is 1. The Labute approximate surface area is 248 Å². The van der Waals surface area contributed by atoms with Gasteiger partial charge < -0.3 is 20.5 Å². The van der Waals surface area contributed by atoms with Crippen LogP contribution < -0.4 is 20.7 Å². The largest absolute Gasteiger partial charge is 0.491 e. The maximum absolute atomic E-state index is 14.0. The van der Waals surface area contributed by atoms with Crippen LogP contribution in [-0.2, 0) is 19.4 Å². The van der Waals surface area contributed by atoms with Gasteiger partial charge in [-0.2, -0.15) is 0 Å². The number of hydrogen-bond acceptors (Lipinski definition) is 9. The van der Waals surface area contributed by atoms with E-state index in [2.05, 4.69) is 15.3 Å². The SMILES string of the molecule is Nc1ccc(OCCCc2sc(N3CCc4cccc(C(=O)Nc5nc6ccccc6s5)c4C3)nc2C(=O)O)c(F)c1. The van der Waals surface area contributed by atoms with Gasteiger partial charge in [0.1, 0.15) is 0 Å². The number of thiazole rings is 2. The van der Waals surface area contributed by atoms with E-state index in [9.17, 15) is 19.1 Å². The topological polar surface area (TPSA) is 131 Å². The lowest BCUT2D eigenvalue weighted by atomic mass is 9.94. The summed E-state index contributed by atoms with van der Waals surface area (Å²) in [6.07, 6.45) is 1.58. The minimum absolute atomic E-state index is 0.00123. The fourth-order valence-corrected chi connectivity index (χ4v) is 6.89. The number of nitrogens with one attached hydrogen (secondary N) is 1. The number of nitrogens with two attached hydrogens (primary N) is 1. The molecule has 0 saturated heterocycles. The normalized spacial score (nSPS) is 12.7. The second-order valence-corrected chi connectivity index (χ2v) is 11.9. The molecular weight excluding hydrogens is 577 g/mol. The lowest BCUT2D eigenvalue weighted by Crippen LogP contribution is -2.32. The number of rotatable bonds is 9. The van der Waals surface area contributed by atoms with Gasteiger partial charge >= 0.3 is 5.97 Å². The summed E-state index contributed by atoms with van der Waals surface area (Å²) in [5.41, 5.74) is 9.23. The summed E-state index contributed by atoms with van der Waals surface area (Å²) in [5.74, 6) is -1.79. The van der Waals surface area contributed by atoms with Crippen LogP contribution in [0, 0.1) is 5.82 Å². The molecule has 0 bridgehead atoms. The highest BCUT2D eigenvalue weighted by Gasteiger charge is 2.26. The molecule has 0 saturated carbocycles. The number of aryl methyl sites for hydroxylation is 1. The van der Waals surface area contributed by atoms with Gasteiger partial charge in [-0.25, -0.2) is 19.2 Å². The van der Waals surface area contributed by atoms with Crippen LogP contribution in [0.5, 0.6) is 5.75 Å². The third kappa shape index (κ3) is 5.76. The van der Waals surface area contributed by atoms with E-state index in [0.717, 1.165) is 21.3 Å². The molecule has 1 aliphatic heterocycles. The van der Waals surface area contributed by atoms with Crippen LogP contribution in [0.15, 0.2) is 60.7 Å². The molecule has 5 aromatic rings. The number of carbonyl (C=O) groups excluding carboxylic acids is 1. The van der Waals surface area contributed by atoms with Crippen LogP contribution in [0.2, 0.25) is 0 Å². The van der Waals surface area contributed by atoms with Crippen LogP contribution in [0.25, 0.3) is 10.2 Å². The zero-order chi connectivity index (χ0) is 29.2. The Bertz CT molecular complexity index is 1770. The van der Waals surface area contributed by atoms with E-state index in [1.54, 1.807) is 12.1 Å². The third-order valence-electron chi connectivity index (χ3n) is 6.95. The molecule has 0 fully saturated rings. The molecule has 3 aromatic carbocycles. The number of fused-ring (bicyclic) bond motifs is 2. The first-order valence-corrected chi connectivity index (χ1v) is 14.9. The molecule has 0 unspecified atom stereocenters. The predicted octanol–water partition coefficient (Wildman–Crippen LogP) is 6.00. The van der Waals surface area contributed by atoms with Gasteiger partial charge in [-0.05, 0) is 60.7 Å². The monoisotopic (exact) mass is 603 g/mol. The molecule has 0 radical (unpaired) electrons. The van der Waals surface area contributed by atoms with Crippen molar-refractivity contribution in [3.63, 3.8) is 0 Å².